The third kappa shape index (κ3) is 2.42. The molecule has 1 aromatic heterocycles. The molecule has 0 aliphatic carbocycles. The minimum absolute atomic E-state index is 0.0808. The van der Waals surface area contributed by atoms with Crippen molar-refractivity contribution in [2.45, 2.75) is 6.42 Å². The second-order valence-electron chi connectivity index (χ2n) is 4.93. The van der Waals surface area contributed by atoms with E-state index in [2.05, 4.69) is 10.3 Å². The highest BCUT2D eigenvalue weighted by Gasteiger charge is 2.18. The number of aromatic nitrogens is 1. The molecule has 6 nitrogen and oxygen atoms in total. The largest absolute Gasteiger partial charge is 0.493 e. The van der Waals surface area contributed by atoms with E-state index in [9.17, 15) is 10.1 Å². The van der Waals surface area contributed by atoms with Crippen molar-refractivity contribution in [1.82, 2.24) is 10.3 Å². The van der Waals surface area contributed by atoms with Gasteiger partial charge in [-0.15, -0.1) is 0 Å². The van der Waals surface area contributed by atoms with Gasteiger partial charge in [-0.2, -0.15) is 0 Å². The fourth-order valence-corrected chi connectivity index (χ4v) is 2.50. The van der Waals surface area contributed by atoms with Crippen LogP contribution in [0.15, 0.2) is 30.6 Å². The Hall–Kier alpha value is -2.21. The summed E-state index contributed by atoms with van der Waals surface area (Å²) in [6.07, 6.45) is 4.27. The molecule has 0 saturated carbocycles. The summed E-state index contributed by atoms with van der Waals surface area (Å²) in [5, 5.41) is 15.6. The summed E-state index contributed by atoms with van der Waals surface area (Å²) >= 11 is 0. The first-order valence-electron chi connectivity index (χ1n) is 6.60. The van der Waals surface area contributed by atoms with Gasteiger partial charge in [0.25, 0.3) is 5.69 Å². The van der Waals surface area contributed by atoms with Gasteiger partial charge in [-0.05, 0) is 25.1 Å². The number of fused-ring (bicyclic) bond motifs is 1. The van der Waals surface area contributed by atoms with Crippen molar-refractivity contribution in [2.24, 2.45) is 5.92 Å². The maximum absolute atomic E-state index is 11.0. The highest BCUT2D eigenvalue weighted by molar-refractivity contribution is 5.94. The molecule has 2 aromatic rings. The number of nitro groups is 1. The van der Waals surface area contributed by atoms with Gasteiger partial charge in [-0.3, -0.25) is 15.1 Å². The fraction of sp³-hybridized carbons (Fsp3) is 0.357. The molecule has 1 aliphatic heterocycles. The van der Waals surface area contributed by atoms with Gasteiger partial charge in [0, 0.05) is 36.3 Å². The molecule has 20 heavy (non-hydrogen) atoms. The molecule has 1 atom stereocenters. The van der Waals surface area contributed by atoms with Crippen molar-refractivity contribution in [1.29, 1.82) is 0 Å². The Morgan fingerprint density at radius 3 is 3.05 bits per heavy atom. The molecular weight excluding hydrogens is 258 g/mol. The summed E-state index contributed by atoms with van der Waals surface area (Å²) < 4.78 is 5.84. The first kappa shape index (κ1) is 12.8. The van der Waals surface area contributed by atoms with Crippen LogP contribution in [0.4, 0.5) is 5.69 Å². The van der Waals surface area contributed by atoms with E-state index in [0.29, 0.717) is 29.0 Å². The molecule has 0 bridgehead atoms. The number of non-ortho nitro benzene ring substituents is 1. The van der Waals surface area contributed by atoms with Crippen LogP contribution in [0.1, 0.15) is 6.42 Å². The van der Waals surface area contributed by atoms with Crippen LogP contribution in [0, 0.1) is 16.0 Å². The number of nitrogens with one attached hydrogen (secondary N) is 1. The molecule has 2 heterocycles. The number of pyridine rings is 1. The van der Waals surface area contributed by atoms with Gasteiger partial charge in [-0.1, -0.05) is 0 Å². The molecule has 0 spiro atoms. The summed E-state index contributed by atoms with van der Waals surface area (Å²) in [7, 11) is 0. The molecule has 0 amide bonds. The summed E-state index contributed by atoms with van der Waals surface area (Å²) in [5.41, 5.74) is 0.0808. The van der Waals surface area contributed by atoms with Crippen LogP contribution >= 0.6 is 0 Å². The Morgan fingerprint density at radius 1 is 1.40 bits per heavy atom. The third-order valence-corrected chi connectivity index (χ3v) is 3.59. The van der Waals surface area contributed by atoms with E-state index in [0.717, 1.165) is 19.5 Å². The number of hydrogen-bond acceptors (Lipinski definition) is 5. The van der Waals surface area contributed by atoms with Crippen LogP contribution in [-0.2, 0) is 0 Å². The SMILES string of the molecule is O=[N+]([O-])c1ccc(OCC2CCNC2)c2cnccc12. The zero-order chi connectivity index (χ0) is 13.9. The third-order valence-electron chi connectivity index (χ3n) is 3.59. The Bertz CT molecular complexity index is 639. The lowest BCUT2D eigenvalue weighted by Crippen LogP contribution is -2.15. The van der Waals surface area contributed by atoms with Gasteiger partial charge in [-0.25, -0.2) is 0 Å². The average molecular weight is 273 g/mol. The van der Waals surface area contributed by atoms with Crippen LogP contribution in [0.25, 0.3) is 10.8 Å². The fourth-order valence-electron chi connectivity index (χ4n) is 2.50. The van der Waals surface area contributed by atoms with Crippen LogP contribution in [0.3, 0.4) is 0 Å². The van der Waals surface area contributed by atoms with Crippen LogP contribution in [0.5, 0.6) is 5.75 Å². The Kier molecular flexibility index (Phi) is 3.47. The predicted molar refractivity (Wildman–Crippen MR) is 74.9 cm³/mol. The monoisotopic (exact) mass is 273 g/mol. The van der Waals surface area contributed by atoms with E-state index >= 15 is 0 Å². The Balaban J connectivity index is 1.91. The lowest BCUT2D eigenvalue weighted by Gasteiger charge is -2.12. The van der Waals surface area contributed by atoms with Crippen molar-refractivity contribution >= 4 is 16.5 Å². The van der Waals surface area contributed by atoms with E-state index < -0.39 is 0 Å². The van der Waals surface area contributed by atoms with Crippen molar-refractivity contribution in [3.63, 3.8) is 0 Å². The average Bonchev–Trinajstić information content (AvgIpc) is 2.97. The molecular formula is C14H15N3O3. The molecule has 1 saturated heterocycles. The quantitative estimate of drug-likeness (QED) is 0.682. The summed E-state index contributed by atoms with van der Waals surface area (Å²) in [6, 6.07) is 4.80. The van der Waals surface area contributed by atoms with Gasteiger partial charge >= 0.3 is 0 Å². The van der Waals surface area contributed by atoms with Crippen LogP contribution in [-0.4, -0.2) is 29.6 Å². The number of ether oxygens (including phenoxy) is 1. The molecule has 6 heteroatoms. The van der Waals surface area contributed by atoms with Gasteiger partial charge in [0.15, 0.2) is 0 Å². The van der Waals surface area contributed by atoms with Crippen molar-refractivity contribution in [2.75, 3.05) is 19.7 Å². The first-order valence-corrected chi connectivity index (χ1v) is 6.60. The minimum atomic E-state index is -0.382. The molecule has 0 radical (unpaired) electrons. The maximum atomic E-state index is 11.0. The smallest absolute Gasteiger partial charge is 0.277 e. The lowest BCUT2D eigenvalue weighted by atomic mass is 10.1. The van der Waals surface area contributed by atoms with Gasteiger partial charge in [0.05, 0.1) is 16.9 Å². The molecule has 104 valence electrons. The predicted octanol–water partition coefficient (Wildman–Crippen LogP) is 2.13. The molecule has 1 aliphatic rings. The van der Waals surface area contributed by atoms with E-state index in [1.165, 1.54) is 6.07 Å². The van der Waals surface area contributed by atoms with Crippen molar-refractivity contribution in [3.05, 3.63) is 40.7 Å². The second kappa shape index (κ2) is 5.42. The number of hydrogen-bond donors (Lipinski definition) is 1. The standard InChI is InChI=1S/C14H15N3O3/c18-17(19)13-1-2-14(12-8-16-6-4-11(12)13)20-9-10-3-5-15-7-10/h1-2,4,6,8,10,15H,3,5,7,9H2. The van der Waals surface area contributed by atoms with E-state index in [4.69, 9.17) is 4.74 Å². The van der Waals surface area contributed by atoms with E-state index in [1.54, 1.807) is 24.5 Å². The van der Waals surface area contributed by atoms with Crippen LogP contribution in [0.2, 0.25) is 0 Å². The molecule has 1 N–H and O–H groups in total. The zero-order valence-electron chi connectivity index (χ0n) is 10.9. The molecule has 1 fully saturated rings. The topological polar surface area (TPSA) is 77.3 Å². The lowest BCUT2D eigenvalue weighted by molar-refractivity contribution is -0.383. The Morgan fingerprint density at radius 2 is 2.30 bits per heavy atom. The highest BCUT2D eigenvalue weighted by Crippen LogP contribution is 2.32. The summed E-state index contributed by atoms with van der Waals surface area (Å²) in [6.45, 7) is 2.61. The number of nitro benzene ring substituents is 1. The molecule has 1 aromatic carbocycles. The first-order chi connectivity index (χ1) is 9.75. The Labute approximate surface area is 115 Å². The molecule has 3 rings (SSSR count). The molecule has 1 unspecified atom stereocenters. The second-order valence-corrected chi connectivity index (χ2v) is 4.93. The van der Waals surface area contributed by atoms with Gasteiger partial charge < -0.3 is 10.1 Å². The van der Waals surface area contributed by atoms with Gasteiger partial charge in [0.1, 0.15) is 5.75 Å². The van der Waals surface area contributed by atoms with E-state index in [-0.39, 0.29) is 10.6 Å². The highest BCUT2D eigenvalue weighted by atomic mass is 16.6. The zero-order valence-corrected chi connectivity index (χ0v) is 10.9. The minimum Gasteiger partial charge on any atom is -0.493 e. The van der Waals surface area contributed by atoms with Crippen molar-refractivity contribution in [3.8, 4) is 5.75 Å². The number of benzene rings is 1. The summed E-state index contributed by atoms with van der Waals surface area (Å²) in [4.78, 5) is 14.7. The van der Waals surface area contributed by atoms with Gasteiger partial charge in [0.2, 0.25) is 0 Å². The summed E-state index contributed by atoms with van der Waals surface area (Å²) in [5.74, 6) is 1.16. The van der Waals surface area contributed by atoms with Crippen LogP contribution < -0.4 is 10.1 Å². The maximum Gasteiger partial charge on any atom is 0.277 e. The number of nitrogens with zero attached hydrogens (tertiary/aromatic N) is 2. The van der Waals surface area contributed by atoms with Crippen molar-refractivity contribution < 1.29 is 9.66 Å². The van der Waals surface area contributed by atoms with E-state index in [1.807, 2.05) is 0 Å². The number of rotatable bonds is 4. The normalized spacial score (nSPS) is 18.3.